The van der Waals surface area contributed by atoms with Crippen molar-refractivity contribution >= 4 is 30.0 Å². The first-order valence-electron chi connectivity index (χ1n) is 11.6. The Kier molecular flexibility index (Phi) is 7.50. The molecule has 1 N–H and O–H groups in total. The molecule has 2 aliphatic heterocycles. The smallest absolute Gasteiger partial charge is 0.325 e. The summed E-state index contributed by atoms with van der Waals surface area (Å²) in [5.41, 5.74) is 4.77. The van der Waals surface area contributed by atoms with Gasteiger partial charge in [0.15, 0.2) is 11.5 Å². The number of amides is 1. The first kappa shape index (κ1) is 26.5. The van der Waals surface area contributed by atoms with Crippen LogP contribution in [0.1, 0.15) is 67.2 Å². The van der Waals surface area contributed by atoms with E-state index < -0.39 is 5.97 Å². The Morgan fingerprint density at radius 3 is 2.57 bits per heavy atom. The number of fused-ring (bicyclic) bond motifs is 3. The predicted molar refractivity (Wildman–Crippen MR) is 137 cm³/mol. The lowest BCUT2D eigenvalue weighted by atomic mass is 9.80. The van der Waals surface area contributed by atoms with Crippen LogP contribution in [0.2, 0.25) is 0 Å². The SMILES string of the molecule is CCOC(=O)CNC(=O)c1cccc(C2=NC(C)(C)Cc3cc(OC)c4c(c32)CC(C)(C)O4)c1.Cl. The van der Waals surface area contributed by atoms with Gasteiger partial charge in [0, 0.05) is 28.7 Å². The van der Waals surface area contributed by atoms with Gasteiger partial charge in [-0.1, -0.05) is 12.1 Å². The molecule has 0 fully saturated rings. The molecule has 0 saturated carbocycles. The molecular formula is C27H33ClN2O5. The number of nitrogens with one attached hydrogen (secondary N) is 1. The van der Waals surface area contributed by atoms with Gasteiger partial charge in [-0.3, -0.25) is 14.6 Å². The highest BCUT2D eigenvalue weighted by molar-refractivity contribution is 6.17. The van der Waals surface area contributed by atoms with Crippen molar-refractivity contribution in [1.82, 2.24) is 5.32 Å². The molecule has 35 heavy (non-hydrogen) atoms. The minimum atomic E-state index is -0.466. The van der Waals surface area contributed by atoms with Crippen LogP contribution in [0.5, 0.6) is 11.5 Å². The maximum absolute atomic E-state index is 12.7. The average Bonchev–Trinajstić information content (AvgIpc) is 3.10. The molecule has 0 saturated heterocycles. The van der Waals surface area contributed by atoms with Crippen LogP contribution in [-0.2, 0) is 22.4 Å². The van der Waals surface area contributed by atoms with E-state index in [4.69, 9.17) is 19.2 Å². The maximum Gasteiger partial charge on any atom is 0.325 e. The number of aliphatic imine (C=N–C) groups is 1. The van der Waals surface area contributed by atoms with Crippen molar-refractivity contribution in [3.8, 4) is 11.5 Å². The van der Waals surface area contributed by atoms with Gasteiger partial charge in [0.1, 0.15) is 12.1 Å². The van der Waals surface area contributed by atoms with Gasteiger partial charge >= 0.3 is 5.97 Å². The van der Waals surface area contributed by atoms with Crippen molar-refractivity contribution in [2.45, 2.75) is 58.6 Å². The summed E-state index contributed by atoms with van der Waals surface area (Å²) in [4.78, 5) is 29.5. The van der Waals surface area contributed by atoms with Crippen molar-refractivity contribution < 1.29 is 23.8 Å². The number of hydrogen-bond acceptors (Lipinski definition) is 6. The van der Waals surface area contributed by atoms with E-state index in [0.29, 0.717) is 5.56 Å². The van der Waals surface area contributed by atoms with Crippen LogP contribution in [0.15, 0.2) is 35.3 Å². The van der Waals surface area contributed by atoms with Crippen molar-refractivity contribution in [1.29, 1.82) is 0 Å². The Hall–Kier alpha value is -3.06. The molecule has 0 aromatic heterocycles. The Labute approximate surface area is 212 Å². The first-order valence-corrected chi connectivity index (χ1v) is 11.6. The second-order valence-corrected chi connectivity index (χ2v) is 9.98. The molecule has 2 heterocycles. The number of ether oxygens (including phenoxy) is 3. The Morgan fingerprint density at radius 1 is 1.14 bits per heavy atom. The number of nitrogens with zero attached hydrogens (tertiary/aromatic N) is 1. The molecule has 188 valence electrons. The first-order chi connectivity index (χ1) is 16.0. The molecule has 0 unspecified atom stereocenters. The number of esters is 1. The van der Waals surface area contributed by atoms with E-state index in [1.807, 2.05) is 18.2 Å². The molecule has 0 radical (unpaired) electrons. The minimum absolute atomic E-state index is 0. The van der Waals surface area contributed by atoms with Crippen LogP contribution in [0.4, 0.5) is 0 Å². The minimum Gasteiger partial charge on any atom is -0.493 e. The van der Waals surface area contributed by atoms with E-state index in [1.54, 1.807) is 20.1 Å². The number of halogens is 1. The summed E-state index contributed by atoms with van der Waals surface area (Å²) in [7, 11) is 1.66. The van der Waals surface area contributed by atoms with Gasteiger partial charge in [-0.25, -0.2) is 0 Å². The van der Waals surface area contributed by atoms with E-state index in [1.165, 1.54) is 0 Å². The van der Waals surface area contributed by atoms with Crippen molar-refractivity contribution in [3.05, 3.63) is 58.1 Å². The molecule has 2 aromatic rings. The van der Waals surface area contributed by atoms with Gasteiger partial charge < -0.3 is 19.5 Å². The third-order valence-electron chi connectivity index (χ3n) is 6.00. The Morgan fingerprint density at radius 2 is 1.89 bits per heavy atom. The van der Waals surface area contributed by atoms with E-state index in [-0.39, 0.29) is 42.6 Å². The fraction of sp³-hybridized carbons (Fsp3) is 0.444. The highest BCUT2D eigenvalue weighted by atomic mass is 35.5. The molecule has 0 atom stereocenters. The fourth-order valence-corrected chi connectivity index (χ4v) is 4.70. The molecular weight excluding hydrogens is 468 g/mol. The highest BCUT2D eigenvalue weighted by Crippen LogP contribution is 2.47. The molecule has 7 nitrogen and oxygen atoms in total. The van der Waals surface area contributed by atoms with Gasteiger partial charge in [0.2, 0.25) is 0 Å². The summed E-state index contributed by atoms with van der Waals surface area (Å²) < 4.78 is 16.8. The Bertz CT molecular complexity index is 1190. The largest absolute Gasteiger partial charge is 0.493 e. The predicted octanol–water partition coefficient (Wildman–Crippen LogP) is 4.30. The number of rotatable bonds is 6. The summed E-state index contributed by atoms with van der Waals surface area (Å²) >= 11 is 0. The molecule has 2 aliphatic rings. The topological polar surface area (TPSA) is 86.2 Å². The quantitative estimate of drug-likeness (QED) is 0.598. The van der Waals surface area contributed by atoms with Crippen molar-refractivity contribution in [3.63, 3.8) is 0 Å². The third-order valence-corrected chi connectivity index (χ3v) is 6.00. The van der Waals surface area contributed by atoms with Gasteiger partial charge in [0.05, 0.1) is 25.0 Å². The van der Waals surface area contributed by atoms with E-state index in [9.17, 15) is 9.59 Å². The summed E-state index contributed by atoms with van der Waals surface area (Å²) in [6.45, 7) is 10.2. The number of methoxy groups -OCH3 is 1. The van der Waals surface area contributed by atoms with Crippen LogP contribution >= 0.6 is 12.4 Å². The van der Waals surface area contributed by atoms with Gasteiger partial charge in [0.25, 0.3) is 5.91 Å². The molecule has 4 rings (SSSR count). The van der Waals surface area contributed by atoms with Crippen LogP contribution < -0.4 is 14.8 Å². The second-order valence-electron chi connectivity index (χ2n) is 9.98. The van der Waals surface area contributed by atoms with Crippen LogP contribution in [0, 0.1) is 0 Å². The molecule has 0 bridgehead atoms. The summed E-state index contributed by atoms with van der Waals surface area (Å²) in [6.07, 6.45) is 1.51. The number of carbonyl (C=O) groups excluding carboxylic acids is 2. The van der Waals surface area contributed by atoms with Gasteiger partial charge in [-0.05, 0) is 64.8 Å². The summed E-state index contributed by atoms with van der Waals surface area (Å²) in [6, 6.07) is 9.40. The average molecular weight is 501 g/mol. The zero-order valence-electron chi connectivity index (χ0n) is 21.1. The number of benzene rings is 2. The lowest BCUT2D eigenvalue weighted by Crippen LogP contribution is -2.32. The van der Waals surface area contributed by atoms with E-state index in [0.717, 1.165) is 52.3 Å². The van der Waals surface area contributed by atoms with Crippen LogP contribution in [0.3, 0.4) is 0 Å². The second kappa shape index (κ2) is 9.90. The summed E-state index contributed by atoms with van der Waals surface area (Å²) in [5.74, 6) is 0.701. The van der Waals surface area contributed by atoms with Gasteiger partial charge in [-0.15, -0.1) is 12.4 Å². The molecule has 0 spiro atoms. The fourth-order valence-electron chi connectivity index (χ4n) is 4.70. The zero-order valence-corrected chi connectivity index (χ0v) is 21.9. The highest BCUT2D eigenvalue weighted by Gasteiger charge is 2.39. The van der Waals surface area contributed by atoms with Gasteiger partial charge in [-0.2, -0.15) is 0 Å². The summed E-state index contributed by atoms with van der Waals surface area (Å²) in [5, 5.41) is 2.63. The lowest BCUT2D eigenvalue weighted by Gasteiger charge is -2.31. The number of carbonyl (C=O) groups is 2. The van der Waals surface area contributed by atoms with E-state index in [2.05, 4.69) is 39.1 Å². The van der Waals surface area contributed by atoms with Crippen molar-refractivity contribution in [2.75, 3.05) is 20.3 Å². The molecule has 0 aliphatic carbocycles. The third kappa shape index (κ3) is 5.45. The van der Waals surface area contributed by atoms with Crippen LogP contribution in [0.25, 0.3) is 0 Å². The standard InChI is InChI=1S/C27H32N2O5.ClH/c1-7-33-21(30)15-28-25(31)17-10-8-9-16(11-17)23-22-18(13-26(2,3)29-23)12-20(32-6)24-19(22)14-27(4,5)34-24;/h8-12H,7,13-15H2,1-6H3,(H,28,31);1H. The monoisotopic (exact) mass is 500 g/mol. The maximum atomic E-state index is 12.7. The molecule has 1 amide bonds. The van der Waals surface area contributed by atoms with Crippen LogP contribution in [-0.4, -0.2) is 49.0 Å². The van der Waals surface area contributed by atoms with Crippen molar-refractivity contribution in [2.24, 2.45) is 4.99 Å². The Balaban J connectivity index is 0.00000342. The normalized spacial score (nSPS) is 16.6. The molecule has 8 heteroatoms. The van der Waals surface area contributed by atoms with E-state index >= 15 is 0 Å². The zero-order chi connectivity index (χ0) is 24.7. The molecule has 2 aromatic carbocycles. The number of hydrogen-bond donors (Lipinski definition) is 1. The lowest BCUT2D eigenvalue weighted by molar-refractivity contribution is -0.141.